The maximum Gasteiger partial charge on any atom is 0.241 e. The fraction of sp³-hybridized carbons (Fsp3) is 0.571. The van der Waals surface area contributed by atoms with Gasteiger partial charge in [-0.15, -0.1) is 0 Å². The number of aromatic nitrogens is 1. The van der Waals surface area contributed by atoms with Gasteiger partial charge in [-0.2, -0.15) is 0 Å². The topological polar surface area (TPSA) is 54.0 Å². The van der Waals surface area contributed by atoms with Crippen molar-refractivity contribution in [1.82, 2.24) is 10.3 Å². The van der Waals surface area contributed by atoms with Crippen LogP contribution < -0.4 is 10.6 Å². The fourth-order valence-corrected chi connectivity index (χ4v) is 2.40. The molecule has 0 saturated carbocycles. The summed E-state index contributed by atoms with van der Waals surface area (Å²) in [7, 11) is 0. The number of pyridine rings is 1. The molecule has 0 aliphatic carbocycles. The summed E-state index contributed by atoms with van der Waals surface area (Å²) in [6.07, 6.45) is 4.99. The Morgan fingerprint density at radius 1 is 1.61 bits per heavy atom. The van der Waals surface area contributed by atoms with Crippen LogP contribution in [0.4, 0.5) is 5.69 Å². The van der Waals surface area contributed by atoms with E-state index < -0.39 is 0 Å². The van der Waals surface area contributed by atoms with E-state index in [1.165, 1.54) is 6.42 Å². The zero-order valence-electron chi connectivity index (χ0n) is 11.1. The van der Waals surface area contributed by atoms with Crippen LogP contribution in [0.3, 0.4) is 0 Å². The van der Waals surface area contributed by atoms with Crippen LogP contribution in [0, 0.1) is 12.8 Å². The van der Waals surface area contributed by atoms with E-state index in [4.69, 9.17) is 0 Å². The van der Waals surface area contributed by atoms with Gasteiger partial charge in [-0.25, -0.2) is 0 Å². The molecule has 1 fully saturated rings. The molecule has 4 heteroatoms. The number of nitrogens with zero attached hydrogens (tertiary/aromatic N) is 1. The van der Waals surface area contributed by atoms with Gasteiger partial charge in [0.2, 0.25) is 5.91 Å². The Morgan fingerprint density at radius 3 is 3.17 bits per heavy atom. The van der Waals surface area contributed by atoms with Crippen molar-refractivity contribution in [1.29, 1.82) is 0 Å². The number of hydrogen-bond donors (Lipinski definition) is 2. The first-order chi connectivity index (χ1) is 8.70. The van der Waals surface area contributed by atoms with Crippen molar-refractivity contribution in [2.45, 2.75) is 39.2 Å². The van der Waals surface area contributed by atoms with Crippen molar-refractivity contribution >= 4 is 11.6 Å². The van der Waals surface area contributed by atoms with Gasteiger partial charge in [0, 0.05) is 6.20 Å². The summed E-state index contributed by atoms with van der Waals surface area (Å²) in [5, 5.41) is 6.25. The smallest absolute Gasteiger partial charge is 0.241 e. The summed E-state index contributed by atoms with van der Waals surface area (Å²) in [4.78, 5) is 16.4. The second kappa shape index (κ2) is 5.96. The first-order valence-corrected chi connectivity index (χ1v) is 6.66. The molecule has 1 aromatic heterocycles. The number of hydrogen-bond acceptors (Lipinski definition) is 3. The van der Waals surface area contributed by atoms with Gasteiger partial charge in [-0.1, -0.05) is 13.3 Å². The molecule has 4 nitrogen and oxygen atoms in total. The Hall–Kier alpha value is -1.42. The van der Waals surface area contributed by atoms with E-state index in [-0.39, 0.29) is 11.9 Å². The average Bonchev–Trinajstić information content (AvgIpc) is 2.41. The van der Waals surface area contributed by atoms with Crippen molar-refractivity contribution in [3.8, 4) is 0 Å². The minimum Gasteiger partial charge on any atom is -0.323 e. The van der Waals surface area contributed by atoms with Gasteiger partial charge in [0.25, 0.3) is 0 Å². The molecule has 2 atom stereocenters. The molecule has 2 heterocycles. The van der Waals surface area contributed by atoms with Crippen LogP contribution in [-0.2, 0) is 4.79 Å². The molecule has 0 radical (unpaired) electrons. The normalized spacial score (nSPS) is 23.7. The largest absolute Gasteiger partial charge is 0.323 e. The van der Waals surface area contributed by atoms with Gasteiger partial charge in [0.15, 0.2) is 0 Å². The van der Waals surface area contributed by atoms with Crippen molar-refractivity contribution in [2.24, 2.45) is 5.92 Å². The lowest BCUT2D eigenvalue weighted by atomic mass is 9.90. The van der Waals surface area contributed by atoms with Gasteiger partial charge in [0.05, 0.1) is 17.4 Å². The van der Waals surface area contributed by atoms with Crippen LogP contribution in [0.2, 0.25) is 0 Å². The molecular weight excluding hydrogens is 226 g/mol. The molecule has 0 spiro atoms. The number of carbonyl (C=O) groups is 1. The van der Waals surface area contributed by atoms with Crippen LogP contribution in [0.25, 0.3) is 0 Å². The predicted molar refractivity (Wildman–Crippen MR) is 72.4 cm³/mol. The second-order valence-electron chi connectivity index (χ2n) is 4.93. The number of rotatable bonds is 3. The van der Waals surface area contributed by atoms with Gasteiger partial charge in [-0.05, 0) is 44.4 Å². The second-order valence-corrected chi connectivity index (χ2v) is 4.93. The molecule has 0 aromatic carbocycles. The van der Waals surface area contributed by atoms with E-state index in [0.717, 1.165) is 30.8 Å². The number of aryl methyl sites for hydroxylation is 1. The summed E-state index contributed by atoms with van der Waals surface area (Å²) < 4.78 is 0. The third-order valence-corrected chi connectivity index (χ3v) is 3.67. The summed E-state index contributed by atoms with van der Waals surface area (Å²) in [5.74, 6) is 0.723. The minimum atomic E-state index is -0.0664. The molecular formula is C14H21N3O. The zero-order chi connectivity index (χ0) is 13.0. The molecule has 0 bridgehead atoms. The van der Waals surface area contributed by atoms with Gasteiger partial charge < -0.3 is 10.6 Å². The van der Waals surface area contributed by atoms with Crippen molar-refractivity contribution in [2.75, 3.05) is 11.9 Å². The molecule has 1 aromatic rings. The van der Waals surface area contributed by atoms with E-state index in [9.17, 15) is 4.79 Å². The SMILES string of the molecule is CCC1CCNC(C(=O)Nc2cccnc2C)C1. The molecule has 1 aliphatic heterocycles. The van der Waals surface area contributed by atoms with Crippen LogP contribution in [0.15, 0.2) is 18.3 Å². The summed E-state index contributed by atoms with van der Waals surface area (Å²) >= 11 is 0. The third kappa shape index (κ3) is 3.07. The zero-order valence-corrected chi connectivity index (χ0v) is 11.1. The third-order valence-electron chi connectivity index (χ3n) is 3.67. The Kier molecular flexibility index (Phi) is 4.31. The van der Waals surface area contributed by atoms with E-state index in [1.807, 2.05) is 19.1 Å². The highest BCUT2D eigenvalue weighted by Crippen LogP contribution is 2.20. The molecule has 2 N–H and O–H groups in total. The van der Waals surface area contributed by atoms with Gasteiger partial charge in [0.1, 0.15) is 0 Å². The van der Waals surface area contributed by atoms with Crippen LogP contribution in [-0.4, -0.2) is 23.5 Å². The Balaban J connectivity index is 1.97. The molecule has 18 heavy (non-hydrogen) atoms. The highest BCUT2D eigenvalue weighted by molar-refractivity contribution is 5.95. The fourth-order valence-electron chi connectivity index (χ4n) is 2.40. The molecule has 1 saturated heterocycles. The summed E-state index contributed by atoms with van der Waals surface area (Å²) in [5.41, 5.74) is 1.66. The van der Waals surface area contributed by atoms with Gasteiger partial charge >= 0.3 is 0 Å². The van der Waals surface area contributed by atoms with E-state index in [0.29, 0.717) is 5.92 Å². The lowest BCUT2D eigenvalue weighted by molar-refractivity contribution is -0.119. The molecule has 2 unspecified atom stereocenters. The molecule has 1 amide bonds. The summed E-state index contributed by atoms with van der Waals surface area (Å²) in [6.45, 7) is 5.03. The Bertz CT molecular complexity index is 419. The van der Waals surface area contributed by atoms with Crippen molar-refractivity contribution in [3.63, 3.8) is 0 Å². The average molecular weight is 247 g/mol. The quantitative estimate of drug-likeness (QED) is 0.860. The summed E-state index contributed by atoms with van der Waals surface area (Å²) in [6, 6.07) is 3.66. The van der Waals surface area contributed by atoms with Crippen LogP contribution >= 0.6 is 0 Å². The molecule has 98 valence electrons. The number of anilines is 1. The first-order valence-electron chi connectivity index (χ1n) is 6.66. The Labute approximate surface area is 108 Å². The van der Waals surface area contributed by atoms with E-state index in [2.05, 4.69) is 22.5 Å². The number of nitrogens with one attached hydrogen (secondary N) is 2. The molecule has 2 rings (SSSR count). The lowest BCUT2D eigenvalue weighted by Gasteiger charge is -2.28. The first kappa shape index (κ1) is 13.0. The van der Waals surface area contributed by atoms with E-state index in [1.54, 1.807) is 6.20 Å². The monoisotopic (exact) mass is 247 g/mol. The number of piperidine rings is 1. The maximum absolute atomic E-state index is 12.2. The maximum atomic E-state index is 12.2. The highest BCUT2D eigenvalue weighted by atomic mass is 16.2. The van der Waals surface area contributed by atoms with E-state index >= 15 is 0 Å². The predicted octanol–water partition coefficient (Wildman–Crippen LogP) is 2.11. The van der Waals surface area contributed by atoms with Crippen LogP contribution in [0.1, 0.15) is 31.9 Å². The Morgan fingerprint density at radius 2 is 2.44 bits per heavy atom. The van der Waals surface area contributed by atoms with Crippen LogP contribution in [0.5, 0.6) is 0 Å². The van der Waals surface area contributed by atoms with Crippen molar-refractivity contribution < 1.29 is 4.79 Å². The standard InChI is InChI=1S/C14H21N3O/c1-3-11-6-8-16-13(9-11)14(18)17-12-5-4-7-15-10(12)2/h4-5,7,11,13,16H,3,6,8-9H2,1-2H3,(H,17,18). The lowest BCUT2D eigenvalue weighted by Crippen LogP contribution is -2.46. The highest BCUT2D eigenvalue weighted by Gasteiger charge is 2.26. The van der Waals surface area contributed by atoms with Crippen molar-refractivity contribution in [3.05, 3.63) is 24.0 Å². The minimum absolute atomic E-state index is 0.0595. The number of carbonyl (C=O) groups excluding carboxylic acids is 1. The molecule has 1 aliphatic rings. The number of amides is 1. The van der Waals surface area contributed by atoms with Gasteiger partial charge in [-0.3, -0.25) is 9.78 Å².